The Kier molecular flexibility index (Phi) is 4.61. The summed E-state index contributed by atoms with van der Waals surface area (Å²) in [5, 5.41) is 11.9. The van der Waals surface area contributed by atoms with Crippen molar-refractivity contribution in [3.63, 3.8) is 0 Å². The second-order valence-electron chi connectivity index (χ2n) is 3.83. The van der Waals surface area contributed by atoms with Gasteiger partial charge in [-0.25, -0.2) is 9.78 Å². The van der Waals surface area contributed by atoms with Crippen molar-refractivity contribution in [2.45, 2.75) is 0 Å². The van der Waals surface area contributed by atoms with Crippen molar-refractivity contribution in [3.8, 4) is 5.75 Å². The van der Waals surface area contributed by atoms with E-state index < -0.39 is 5.97 Å². The van der Waals surface area contributed by atoms with Crippen LogP contribution in [0.1, 0.15) is 10.5 Å². The van der Waals surface area contributed by atoms with Crippen LogP contribution in [-0.4, -0.2) is 23.2 Å². The minimum Gasteiger partial charge on any atom is -0.495 e. The molecule has 0 atom stereocenters. The van der Waals surface area contributed by atoms with E-state index in [1.54, 1.807) is 13.2 Å². The van der Waals surface area contributed by atoms with Gasteiger partial charge in [0.1, 0.15) is 11.4 Å². The fourth-order valence-electron chi connectivity index (χ4n) is 1.53. The molecule has 0 saturated heterocycles. The van der Waals surface area contributed by atoms with Gasteiger partial charge in [0.15, 0.2) is 0 Å². The van der Waals surface area contributed by atoms with E-state index >= 15 is 0 Å². The van der Waals surface area contributed by atoms with Crippen molar-refractivity contribution < 1.29 is 14.6 Å². The predicted octanol–water partition coefficient (Wildman–Crippen LogP) is 4.06. The quantitative estimate of drug-likeness (QED) is 0.808. The minimum absolute atomic E-state index is 0.00278. The number of benzene rings is 1. The van der Waals surface area contributed by atoms with E-state index in [1.165, 1.54) is 12.3 Å². The van der Waals surface area contributed by atoms with Gasteiger partial charge in [-0.15, -0.1) is 0 Å². The second-order valence-corrected chi connectivity index (χ2v) is 5.54. The van der Waals surface area contributed by atoms with Crippen LogP contribution < -0.4 is 10.1 Å². The standard InChI is InChI=1S/C13H10Br2N2O3/c1-20-12-5-11(8(14)4-9(12)15)17-7-2-3-10(13(18)19)16-6-7/h2-6,17H,1H3,(H,18,19). The smallest absolute Gasteiger partial charge is 0.354 e. The van der Waals surface area contributed by atoms with E-state index in [2.05, 4.69) is 42.2 Å². The molecule has 1 aromatic heterocycles. The lowest BCUT2D eigenvalue weighted by Gasteiger charge is -2.11. The number of carboxylic acids is 1. The van der Waals surface area contributed by atoms with Crippen LogP contribution in [0.3, 0.4) is 0 Å². The van der Waals surface area contributed by atoms with Gasteiger partial charge in [0.25, 0.3) is 0 Å². The Morgan fingerprint density at radius 3 is 2.60 bits per heavy atom. The highest BCUT2D eigenvalue weighted by Crippen LogP contribution is 2.35. The van der Waals surface area contributed by atoms with Gasteiger partial charge < -0.3 is 15.2 Å². The molecular formula is C13H10Br2N2O3. The third-order valence-electron chi connectivity index (χ3n) is 2.50. The van der Waals surface area contributed by atoms with E-state index in [0.29, 0.717) is 11.4 Å². The number of halogens is 2. The summed E-state index contributed by atoms with van der Waals surface area (Å²) in [5.41, 5.74) is 1.47. The number of aromatic nitrogens is 1. The maximum Gasteiger partial charge on any atom is 0.354 e. The summed E-state index contributed by atoms with van der Waals surface area (Å²) in [6.45, 7) is 0. The Morgan fingerprint density at radius 2 is 2.05 bits per heavy atom. The van der Waals surface area contributed by atoms with Gasteiger partial charge in [-0.3, -0.25) is 0 Å². The van der Waals surface area contributed by atoms with Crippen LogP contribution in [0.25, 0.3) is 0 Å². The predicted molar refractivity (Wildman–Crippen MR) is 82.9 cm³/mol. The number of rotatable bonds is 4. The maximum absolute atomic E-state index is 10.7. The highest BCUT2D eigenvalue weighted by molar-refractivity contribution is 9.11. The van der Waals surface area contributed by atoms with Crippen molar-refractivity contribution in [2.75, 3.05) is 12.4 Å². The lowest BCUT2D eigenvalue weighted by molar-refractivity contribution is 0.0690. The number of carboxylic acid groups (broad SMARTS) is 1. The summed E-state index contributed by atoms with van der Waals surface area (Å²) in [7, 11) is 1.58. The van der Waals surface area contributed by atoms with Crippen LogP contribution in [0, 0.1) is 0 Å². The van der Waals surface area contributed by atoms with Crippen molar-refractivity contribution in [1.82, 2.24) is 4.98 Å². The van der Waals surface area contributed by atoms with E-state index in [9.17, 15) is 4.79 Å². The number of hydrogen-bond acceptors (Lipinski definition) is 4. The van der Waals surface area contributed by atoms with E-state index in [0.717, 1.165) is 14.6 Å². The molecular weight excluding hydrogens is 392 g/mol. The third kappa shape index (κ3) is 3.29. The summed E-state index contributed by atoms with van der Waals surface area (Å²) in [6.07, 6.45) is 1.46. The number of nitrogens with one attached hydrogen (secondary N) is 1. The monoisotopic (exact) mass is 400 g/mol. The summed E-state index contributed by atoms with van der Waals surface area (Å²) in [5.74, 6) is -0.367. The molecule has 2 aromatic rings. The zero-order valence-electron chi connectivity index (χ0n) is 10.4. The van der Waals surface area contributed by atoms with Gasteiger partial charge in [-0.05, 0) is 50.1 Å². The van der Waals surface area contributed by atoms with E-state index in [4.69, 9.17) is 9.84 Å². The molecule has 7 heteroatoms. The van der Waals surface area contributed by atoms with Gasteiger partial charge in [-0.1, -0.05) is 0 Å². The van der Waals surface area contributed by atoms with Crippen molar-refractivity contribution in [3.05, 3.63) is 45.1 Å². The van der Waals surface area contributed by atoms with E-state index in [1.807, 2.05) is 12.1 Å². The first-order valence-electron chi connectivity index (χ1n) is 5.50. The van der Waals surface area contributed by atoms with Gasteiger partial charge in [0.2, 0.25) is 0 Å². The highest BCUT2D eigenvalue weighted by Gasteiger charge is 2.08. The van der Waals surface area contributed by atoms with Crippen LogP contribution in [0.2, 0.25) is 0 Å². The molecule has 1 heterocycles. The third-order valence-corrected chi connectivity index (χ3v) is 3.78. The Hall–Kier alpha value is -1.60. The van der Waals surface area contributed by atoms with Gasteiger partial charge >= 0.3 is 5.97 Å². The number of nitrogens with zero attached hydrogens (tertiary/aromatic N) is 1. The number of aromatic carboxylic acids is 1. The number of methoxy groups -OCH3 is 1. The first-order chi connectivity index (χ1) is 9.51. The SMILES string of the molecule is COc1cc(Nc2ccc(C(=O)O)nc2)c(Br)cc1Br. The van der Waals surface area contributed by atoms with Crippen LogP contribution in [0.5, 0.6) is 5.75 Å². The fraction of sp³-hybridized carbons (Fsp3) is 0.0769. The molecule has 0 fully saturated rings. The first kappa shape index (κ1) is 14.8. The lowest BCUT2D eigenvalue weighted by atomic mass is 10.2. The molecule has 2 rings (SSSR count). The van der Waals surface area contributed by atoms with Crippen molar-refractivity contribution in [2.24, 2.45) is 0 Å². The molecule has 5 nitrogen and oxygen atoms in total. The Morgan fingerprint density at radius 1 is 1.30 bits per heavy atom. The zero-order chi connectivity index (χ0) is 14.7. The Bertz CT molecular complexity index is 645. The molecule has 0 saturated carbocycles. The fourth-order valence-corrected chi connectivity index (χ4v) is 2.79. The van der Waals surface area contributed by atoms with Crippen molar-refractivity contribution >= 4 is 49.2 Å². The average molecular weight is 402 g/mol. The number of hydrogen-bond donors (Lipinski definition) is 2. The summed E-state index contributed by atoms with van der Waals surface area (Å²) >= 11 is 6.84. The molecule has 0 spiro atoms. The van der Waals surface area contributed by atoms with Crippen LogP contribution >= 0.6 is 31.9 Å². The van der Waals surface area contributed by atoms with Crippen LogP contribution in [0.4, 0.5) is 11.4 Å². The topological polar surface area (TPSA) is 71.5 Å². The minimum atomic E-state index is -1.05. The number of pyridine rings is 1. The Labute approximate surface area is 132 Å². The molecule has 0 amide bonds. The van der Waals surface area contributed by atoms with Crippen LogP contribution in [-0.2, 0) is 0 Å². The van der Waals surface area contributed by atoms with Gasteiger partial charge in [0.05, 0.1) is 29.2 Å². The molecule has 0 radical (unpaired) electrons. The largest absolute Gasteiger partial charge is 0.495 e. The summed E-state index contributed by atoms with van der Waals surface area (Å²) in [6, 6.07) is 6.77. The number of anilines is 2. The van der Waals surface area contributed by atoms with Gasteiger partial charge in [0, 0.05) is 10.5 Å². The molecule has 0 unspecified atom stereocenters. The molecule has 2 N–H and O–H groups in total. The molecule has 0 aliphatic heterocycles. The Balaban J connectivity index is 2.27. The molecule has 0 aliphatic rings. The first-order valence-corrected chi connectivity index (χ1v) is 7.09. The van der Waals surface area contributed by atoms with Crippen molar-refractivity contribution in [1.29, 1.82) is 0 Å². The highest BCUT2D eigenvalue weighted by atomic mass is 79.9. The molecule has 0 bridgehead atoms. The molecule has 0 aliphatic carbocycles. The normalized spacial score (nSPS) is 10.2. The molecule has 104 valence electrons. The maximum atomic E-state index is 10.7. The molecule has 1 aromatic carbocycles. The van der Waals surface area contributed by atoms with E-state index in [-0.39, 0.29) is 5.69 Å². The lowest BCUT2D eigenvalue weighted by Crippen LogP contribution is -2.00. The van der Waals surface area contributed by atoms with Crippen LogP contribution in [0.15, 0.2) is 39.4 Å². The van der Waals surface area contributed by atoms with Gasteiger partial charge in [-0.2, -0.15) is 0 Å². The zero-order valence-corrected chi connectivity index (χ0v) is 13.5. The number of ether oxygens (including phenoxy) is 1. The summed E-state index contributed by atoms with van der Waals surface area (Å²) in [4.78, 5) is 14.6. The number of carbonyl (C=O) groups is 1. The second kappa shape index (κ2) is 6.23. The molecule has 20 heavy (non-hydrogen) atoms. The average Bonchev–Trinajstić information content (AvgIpc) is 2.42. The summed E-state index contributed by atoms with van der Waals surface area (Å²) < 4.78 is 6.90.